The summed E-state index contributed by atoms with van der Waals surface area (Å²) in [6, 6.07) is 10.0. The Morgan fingerprint density at radius 2 is 1.41 bits per heavy atom. The van der Waals surface area contributed by atoms with Crippen molar-refractivity contribution in [2.75, 3.05) is 0 Å². The van der Waals surface area contributed by atoms with Crippen LogP contribution < -0.4 is 10.8 Å². The first kappa shape index (κ1) is 24.3. The lowest BCUT2D eigenvalue weighted by Gasteiger charge is -2.32. The van der Waals surface area contributed by atoms with Crippen LogP contribution in [-0.2, 0) is 15.5 Å². The van der Waals surface area contributed by atoms with Gasteiger partial charge in [0.2, 0.25) is 0 Å². The molecule has 172 valence electrons. The molecule has 32 heavy (non-hydrogen) atoms. The number of rotatable bonds is 3. The van der Waals surface area contributed by atoms with Crippen molar-refractivity contribution in [2.24, 2.45) is 0 Å². The van der Waals surface area contributed by atoms with Crippen molar-refractivity contribution < 1.29 is 27.3 Å². The predicted molar refractivity (Wildman–Crippen MR) is 120 cm³/mol. The third-order valence-corrected chi connectivity index (χ3v) is 5.78. The summed E-state index contributed by atoms with van der Waals surface area (Å²) in [4.78, 5) is 12.9. The highest BCUT2D eigenvalue weighted by atomic mass is 19.4. The Morgan fingerprint density at radius 1 is 0.875 bits per heavy atom. The zero-order valence-corrected chi connectivity index (χ0v) is 19.5. The minimum absolute atomic E-state index is 0.288. The van der Waals surface area contributed by atoms with Gasteiger partial charge in [-0.1, -0.05) is 18.2 Å². The molecule has 1 saturated heterocycles. The van der Waals surface area contributed by atoms with Gasteiger partial charge in [-0.2, -0.15) is 13.2 Å². The Morgan fingerprint density at radius 3 is 1.88 bits per heavy atom. The normalized spacial score (nSPS) is 18.0. The van der Waals surface area contributed by atoms with Gasteiger partial charge in [0.05, 0.1) is 16.8 Å². The summed E-state index contributed by atoms with van der Waals surface area (Å²) >= 11 is 0. The lowest BCUT2D eigenvalue weighted by Crippen LogP contribution is -2.41. The van der Waals surface area contributed by atoms with Crippen molar-refractivity contribution in [3.63, 3.8) is 0 Å². The first-order valence-electron chi connectivity index (χ1n) is 10.5. The van der Waals surface area contributed by atoms with Gasteiger partial charge in [-0.3, -0.25) is 4.79 Å². The van der Waals surface area contributed by atoms with Gasteiger partial charge in [-0.05, 0) is 89.3 Å². The van der Waals surface area contributed by atoms with Gasteiger partial charge >= 0.3 is 13.3 Å². The first-order valence-corrected chi connectivity index (χ1v) is 10.5. The number of nitrogens with one attached hydrogen (secondary N) is 1. The highest BCUT2D eigenvalue weighted by Gasteiger charge is 2.51. The number of hydrogen-bond acceptors (Lipinski definition) is 3. The van der Waals surface area contributed by atoms with Gasteiger partial charge in [-0.25, -0.2) is 0 Å². The molecule has 0 spiro atoms. The summed E-state index contributed by atoms with van der Waals surface area (Å²) in [7, 11) is -0.712. The molecule has 2 aromatic rings. The highest BCUT2D eigenvalue weighted by molar-refractivity contribution is 6.62. The second kappa shape index (κ2) is 7.92. The smallest absolute Gasteiger partial charge is 0.399 e. The van der Waals surface area contributed by atoms with Gasteiger partial charge in [0.1, 0.15) is 0 Å². The monoisotopic (exact) mass is 447 g/mol. The molecule has 3 rings (SSSR count). The number of amides is 1. The molecule has 0 radical (unpaired) electrons. The van der Waals surface area contributed by atoms with Gasteiger partial charge in [-0.15, -0.1) is 0 Å². The molecule has 4 nitrogen and oxygen atoms in total. The van der Waals surface area contributed by atoms with Gasteiger partial charge in [0, 0.05) is 11.1 Å². The minimum Gasteiger partial charge on any atom is -0.399 e. The average molecular weight is 447 g/mol. The second-order valence-corrected chi connectivity index (χ2v) is 10.2. The van der Waals surface area contributed by atoms with E-state index in [-0.39, 0.29) is 5.91 Å². The van der Waals surface area contributed by atoms with Crippen molar-refractivity contribution in [1.82, 2.24) is 5.32 Å². The van der Waals surface area contributed by atoms with E-state index in [0.717, 1.165) is 12.1 Å². The average Bonchev–Trinajstić information content (AvgIpc) is 2.87. The van der Waals surface area contributed by atoms with E-state index in [1.165, 1.54) is 12.1 Å². The van der Waals surface area contributed by atoms with E-state index >= 15 is 0 Å². The van der Waals surface area contributed by atoms with Crippen molar-refractivity contribution in [2.45, 2.75) is 71.4 Å². The van der Waals surface area contributed by atoms with Crippen molar-refractivity contribution in [3.05, 3.63) is 53.6 Å². The molecule has 1 N–H and O–H groups in total. The van der Waals surface area contributed by atoms with Crippen LogP contribution in [0.25, 0.3) is 11.1 Å². The number of alkyl halides is 3. The van der Waals surface area contributed by atoms with Crippen LogP contribution in [0.15, 0.2) is 42.5 Å². The van der Waals surface area contributed by atoms with E-state index in [9.17, 15) is 18.0 Å². The maximum absolute atomic E-state index is 13.0. The minimum atomic E-state index is -4.42. The molecule has 0 unspecified atom stereocenters. The fraction of sp³-hybridized carbons (Fsp3) is 0.458. The standard InChI is InChI=1S/C24H29BF3NO3/c1-21(2,3)29-20(30)17-12-16(15-8-10-18(11-9-15)24(26,27)28)13-19(14-17)25-31-22(4,5)23(6,7)32-25/h8-14H,1-7H3,(H,29,30). The van der Waals surface area contributed by atoms with E-state index < -0.39 is 35.6 Å². The predicted octanol–water partition coefficient (Wildman–Crippen LogP) is 5.20. The molecule has 0 bridgehead atoms. The summed E-state index contributed by atoms with van der Waals surface area (Å²) in [5, 5.41) is 2.92. The van der Waals surface area contributed by atoms with Gasteiger partial charge < -0.3 is 14.6 Å². The molecule has 2 aromatic carbocycles. The Labute approximate surface area is 187 Å². The third kappa shape index (κ3) is 5.18. The molecule has 0 atom stereocenters. The second-order valence-electron chi connectivity index (χ2n) is 10.2. The first-order chi connectivity index (χ1) is 14.5. The Hall–Kier alpha value is -2.32. The molecule has 0 aromatic heterocycles. The van der Waals surface area contributed by atoms with Crippen LogP contribution in [0.4, 0.5) is 13.2 Å². The lowest BCUT2D eigenvalue weighted by molar-refractivity contribution is -0.137. The maximum atomic E-state index is 13.0. The molecule has 8 heteroatoms. The van der Waals surface area contributed by atoms with Crippen LogP contribution in [0.5, 0.6) is 0 Å². The van der Waals surface area contributed by atoms with Crippen LogP contribution in [0.1, 0.15) is 64.4 Å². The molecular weight excluding hydrogens is 418 g/mol. The molecule has 1 heterocycles. The quantitative estimate of drug-likeness (QED) is 0.659. The molecule has 1 aliphatic rings. The largest absolute Gasteiger partial charge is 0.494 e. The Bertz CT molecular complexity index is 993. The van der Waals surface area contributed by atoms with Crippen molar-refractivity contribution in [3.8, 4) is 11.1 Å². The SMILES string of the molecule is CC(C)(C)NC(=O)c1cc(B2OC(C)(C)C(C)(C)O2)cc(-c2ccc(C(F)(F)F)cc2)c1. The Kier molecular flexibility index (Phi) is 6.02. The molecule has 0 aliphatic carbocycles. The van der Waals surface area contributed by atoms with E-state index in [2.05, 4.69) is 5.32 Å². The summed E-state index contributed by atoms with van der Waals surface area (Å²) in [5.74, 6) is -0.288. The van der Waals surface area contributed by atoms with Crippen LogP contribution in [0.2, 0.25) is 0 Å². The fourth-order valence-electron chi connectivity index (χ4n) is 3.33. The van der Waals surface area contributed by atoms with Gasteiger partial charge in [0.15, 0.2) is 0 Å². The van der Waals surface area contributed by atoms with E-state index in [1.807, 2.05) is 48.5 Å². The van der Waals surface area contributed by atoms with E-state index in [1.54, 1.807) is 18.2 Å². The zero-order chi connectivity index (χ0) is 24.1. The van der Waals surface area contributed by atoms with E-state index in [4.69, 9.17) is 9.31 Å². The van der Waals surface area contributed by atoms with Crippen LogP contribution in [0.3, 0.4) is 0 Å². The van der Waals surface area contributed by atoms with E-state index in [0.29, 0.717) is 22.2 Å². The van der Waals surface area contributed by atoms with Gasteiger partial charge in [0.25, 0.3) is 5.91 Å². The molecule has 1 fully saturated rings. The van der Waals surface area contributed by atoms with Crippen molar-refractivity contribution in [1.29, 1.82) is 0 Å². The molecule has 0 saturated carbocycles. The molecular formula is C24H29BF3NO3. The van der Waals surface area contributed by atoms with Crippen LogP contribution in [-0.4, -0.2) is 29.8 Å². The highest BCUT2D eigenvalue weighted by Crippen LogP contribution is 2.37. The Balaban J connectivity index is 2.06. The van der Waals surface area contributed by atoms with Crippen LogP contribution in [0, 0.1) is 0 Å². The number of hydrogen-bond donors (Lipinski definition) is 1. The molecule has 1 amide bonds. The number of halogens is 3. The summed E-state index contributed by atoms with van der Waals surface area (Å²) in [5.41, 5.74) is -0.167. The molecule has 1 aliphatic heterocycles. The maximum Gasteiger partial charge on any atom is 0.494 e. The third-order valence-electron chi connectivity index (χ3n) is 5.78. The summed E-state index contributed by atoms with van der Waals surface area (Å²) in [6.45, 7) is 13.3. The summed E-state index contributed by atoms with van der Waals surface area (Å²) < 4.78 is 51.2. The topological polar surface area (TPSA) is 47.6 Å². The van der Waals surface area contributed by atoms with Crippen LogP contribution >= 0.6 is 0 Å². The number of carbonyl (C=O) groups is 1. The fourth-order valence-corrected chi connectivity index (χ4v) is 3.33. The lowest BCUT2D eigenvalue weighted by atomic mass is 9.76. The summed E-state index contributed by atoms with van der Waals surface area (Å²) in [6.07, 6.45) is -4.42. The number of carbonyl (C=O) groups excluding carboxylic acids is 1. The zero-order valence-electron chi connectivity index (χ0n) is 19.5. The van der Waals surface area contributed by atoms with Crippen molar-refractivity contribution >= 4 is 18.5 Å². The number of benzene rings is 2.